The van der Waals surface area contributed by atoms with Crippen LogP contribution in [-0.2, 0) is 18.4 Å². The lowest BCUT2D eigenvalue weighted by Gasteiger charge is -2.13. The van der Waals surface area contributed by atoms with Crippen LogP contribution < -0.4 is 26.7 Å². The van der Waals surface area contributed by atoms with E-state index >= 15 is 0 Å². The maximum atomic E-state index is 11.3. The Morgan fingerprint density at radius 3 is 2.42 bits per heavy atom. The number of benzene rings is 2. The molecule has 0 saturated carbocycles. The topological polar surface area (TPSA) is 114 Å². The lowest BCUT2D eigenvalue weighted by molar-refractivity contribution is -0.671. The number of aryl methyl sites for hydroxylation is 2. The van der Waals surface area contributed by atoms with Crippen LogP contribution in [0.1, 0.15) is 6.42 Å². The minimum absolute atomic E-state index is 0.0606. The Hall–Kier alpha value is -4.33. The zero-order valence-electron chi connectivity index (χ0n) is 18.5. The number of aliphatic imine (C=N–C) groups is 1. The monoisotopic (exact) mass is 442 g/mol. The number of aromatic nitrogens is 2. The fourth-order valence-corrected chi connectivity index (χ4v) is 3.44. The first-order valence-electron chi connectivity index (χ1n) is 10.8. The average molecular weight is 443 g/mol. The molecule has 0 amide bonds. The summed E-state index contributed by atoms with van der Waals surface area (Å²) in [5, 5.41) is 6.77. The molecule has 0 radical (unpaired) electrons. The molecule has 4 rings (SSSR count). The highest BCUT2D eigenvalue weighted by Gasteiger charge is 2.08. The summed E-state index contributed by atoms with van der Waals surface area (Å²) in [6.07, 6.45) is 13.5. The Labute approximate surface area is 192 Å². The van der Waals surface area contributed by atoms with Crippen LogP contribution in [0.3, 0.4) is 0 Å². The molecule has 0 atom stereocenters. The van der Waals surface area contributed by atoms with Gasteiger partial charge in [0.15, 0.2) is 5.78 Å². The van der Waals surface area contributed by atoms with E-state index in [1.54, 1.807) is 18.2 Å². The predicted octanol–water partition coefficient (Wildman–Crippen LogP) is 3.49. The van der Waals surface area contributed by atoms with Gasteiger partial charge in [-0.05, 0) is 60.7 Å². The first-order valence-corrected chi connectivity index (χ1v) is 10.8. The van der Waals surface area contributed by atoms with Gasteiger partial charge in [0, 0.05) is 24.3 Å². The van der Waals surface area contributed by atoms with E-state index in [1.165, 1.54) is 12.2 Å². The Balaban J connectivity index is 1.37. The molecule has 168 valence electrons. The van der Waals surface area contributed by atoms with E-state index in [1.807, 2.05) is 48.1 Å². The van der Waals surface area contributed by atoms with Gasteiger partial charge < -0.3 is 22.1 Å². The van der Waals surface area contributed by atoms with Crippen LogP contribution in [0.4, 0.5) is 34.1 Å². The molecule has 1 aliphatic rings. The van der Waals surface area contributed by atoms with Crippen molar-refractivity contribution in [2.75, 3.05) is 28.6 Å². The van der Waals surface area contributed by atoms with Gasteiger partial charge in [0.25, 0.3) is 0 Å². The van der Waals surface area contributed by atoms with E-state index < -0.39 is 0 Å². The summed E-state index contributed by atoms with van der Waals surface area (Å²) >= 11 is 0. The standard InChI is InChI=1S/C25H27N7O/c1-31-13-14-32(17-31)12-2-11-28-18-3-5-19(6-4-18)29-24-16-25(23(27)15-22(24)26)30-20-7-9-21(33)10-8-20/h3-10,13-17H,2,11-12H2,1H3,(H5-,26,27,28,29,30,33)/p+1. The van der Waals surface area contributed by atoms with E-state index in [2.05, 4.69) is 32.7 Å². The molecule has 0 saturated heterocycles. The minimum Gasteiger partial charge on any atom is -0.397 e. The number of nitrogen functional groups attached to an aromatic ring is 2. The number of anilines is 5. The van der Waals surface area contributed by atoms with Crippen molar-refractivity contribution in [3.05, 3.63) is 79.4 Å². The third kappa shape index (κ3) is 5.88. The molecule has 0 spiro atoms. The number of carbonyl (C=O) groups excluding carboxylic acids is 1. The van der Waals surface area contributed by atoms with Crippen molar-refractivity contribution in [3.8, 4) is 0 Å². The molecular formula is C25H28N7O+. The number of nitrogens with one attached hydrogen (secondary N) is 2. The molecule has 0 unspecified atom stereocenters. The molecule has 2 aromatic carbocycles. The first kappa shape index (κ1) is 21.9. The molecule has 3 aromatic rings. The molecule has 8 heteroatoms. The number of ketones is 1. The number of imidazole rings is 1. The molecule has 1 aliphatic carbocycles. The third-order valence-corrected chi connectivity index (χ3v) is 5.19. The van der Waals surface area contributed by atoms with Crippen molar-refractivity contribution in [2.24, 2.45) is 12.0 Å². The lowest BCUT2D eigenvalue weighted by atomic mass is 10.1. The average Bonchev–Trinajstić information content (AvgIpc) is 3.22. The van der Waals surface area contributed by atoms with Crippen molar-refractivity contribution < 1.29 is 9.36 Å². The second-order valence-corrected chi connectivity index (χ2v) is 7.90. The van der Waals surface area contributed by atoms with Crippen LogP contribution in [-0.4, -0.2) is 22.6 Å². The normalized spacial score (nSPS) is 12.8. The fraction of sp³-hybridized carbons (Fsp3) is 0.160. The molecule has 0 aliphatic heterocycles. The largest absolute Gasteiger partial charge is 0.397 e. The van der Waals surface area contributed by atoms with Gasteiger partial charge in [-0.25, -0.2) is 14.1 Å². The molecular weight excluding hydrogens is 414 g/mol. The SMILES string of the molecule is C[n+]1ccn(CCCNc2ccc(Nc3cc(N=C4C=CC(=O)C=C4)c(N)cc3N)cc2)c1. The molecule has 1 heterocycles. The summed E-state index contributed by atoms with van der Waals surface area (Å²) in [5.74, 6) is -0.0606. The Kier molecular flexibility index (Phi) is 6.54. The van der Waals surface area contributed by atoms with E-state index in [9.17, 15) is 4.79 Å². The predicted molar refractivity (Wildman–Crippen MR) is 134 cm³/mol. The number of carbonyl (C=O) groups is 1. The highest BCUT2D eigenvalue weighted by atomic mass is 16.1. The summed E-state index contributed by atoms with van der Waals surface area (Å²) in [5.41, 5.74) is 17.2. The fourth-order valence-electron chi connectivity index (χ4n) is 3.44. The second-order valence-electron chi connectivity index (χ2n) is 7.90. The number of hydrogen-bond acceptors (Lipinski definition) is 6. The van der Waals surface area contributed by atoms with Crippen molar-refractivity contribution in [1.29, 1.82) is 0 Å². The number of nitrogens with zero attached hydrogens (tertiary/aromatic N) is 3. The molecule has 0 fully saturated rings. The van der Waals surface area contributed by atoms with Crippen LogP contribution in [0, 0.1) is 0 Å². The number of rotatable bonds is 8. The number of allylic oxidation sites excluding steroid dienone is 4. The Bertz CT molecular complexity index is 1220. The van der Waals surface area contributed by atoms with Crippen LogP contribution >= 0.6 is 0 Å². The zero-order valence-corrected chi connectivity index (χ0v) is 18.5. The Morgan fingerprint density at radius 1 is 1.00 bits per heavy atom. The zero-order chi connectivity index (χ0) is 23.2. The van der Waals surface area contributed by atoms with Gasteiger partial charge in [-0.2, -0.15) is 0 Å². The van der Waals surface area contributed by atoms with Crippen molar-refractivity contribution in [1.82, 2.24) is 4.57 Å². The first-order chi connectivity index (χ1) is 16.0. The van der Waals surface area contributed by atoms with E-state index in [0.29, 0.717) is 28.5 Å². The van der Waals surface area contributed by atoms with Crippen molar-refractivity contribution in [3.63, 3.8) is 0 Å². The molecule has 8 nitrogen and oxygen atoms in total. The maximum absolute atomic E-state index is 11.3. The van der Waals surface area contributed by atoms with Crippen LogP contribution in [0.15, 0.2) is 84.4 Å². The van der Waals surface area contributed by atoms with Gasteiger partial charge in [-0.15, -0.1) is 0 Å². The Morgan fingerprint density at radius 2 is 1.73 bits per heavy atom. The highest BCUT2D eigenvalue weighted by molar-refractivity contribution is 6.17. The van der Waals surface area contributed by atoms with Crippen molar-refractivity contribution in [2.45, 2.75) is 13.0 Å². The van der Waals surface area contributed by atoms with Crippen LogP contribution in [0.2, 0.25) is 0 Å². The number of hydrogen-bond donors (Lipinski definition) is 4. The quantitative estimate of drug-likeness (QED) is 0.185. The van der Waals surface area contributed by atoms with E-state index in [0.717, 1.165) is 30.9 Å². The van der Waals surface area contributed by atoms with Crippen molar-refractivity contribution >= 4 is 45.6 Å². The van der Waals surface area contributed by atoms with Gasteiger partial charge in [-0.1, -0.05) is 0 Å². The maximum Gasteiger partial charge on any atom is 0.243 e. The van der Waals surface area contributed by atoms with Crippen LogP contribution in [0.5, 0.6) is 0 Å². The smallest absolute Gasteiger partial charge is 0.243 e. The highest BCUT2D eigenvalue weighted by Crippen LogP contribution is 2.34. The summed E-state index contributed by atoms with van der Waals surface area (Å²) in [6.45, 7) is 1.86. The third-order valence-electron chi connectivity index (χ3n) is 5.19. The number of nitrogens with two attached hydrogens (primary N) is 2. The van der Waals surface area contributed by atoms with Gasteiger partial charge in [0.2, 0.25) is 6.33 Å². The minimum atomic E-state index is -0.0606. The summed E-state index contributed by atoms with van der Waals surface area (Å²) in [7, 11) is 2.02. The van der Waals surface area contributed by atoms with Crippen LogP contribution in [0.25, 0.3) is 0 Å². The summed E-state index contributed by atoms with van der Waals surface area (Å²) in [4.78, 5) is 15.8. The molecule has 1 aromatic heterocycles. The second kappa shape index (κ2) is 9.86. The molecule has 6 N–H and O–H groups in total. The van der Waals surface area contributed by atoms with Gasteiger partial charge in [0.1, 0.15) is 12.4 Å². The van der Waals surface area contributed by atoms with Gasteiger partial charge >= 0.3 is 0 Å². The molecule has 0 bridgehead atoms. The summed E-state index contributed by atoms with van der Waals surface area (Å²) < 4.78 is 4.21. The molecule has 33 heavy (non-hydrogen) atoms. The van der Waals surface area contributed by atoms with Gasteiger partial charge in [0.05, 0.1) is 42.1 Å². The lowest BCUT2D eigenvalue weighted by Crippen LogP contribution is -2.23. The summed E-state index contributed by atoms with van der Waals surface area (Å²) in [6, 6.07) is 11.5. The van der Waals surface area contributed by atoms with E-state index in [-0.39, 0.29) is 5.78 Å². The van der Waals surface area contributed by atoms with Gasteiger partial charge in [-0.3, -0.25) is 4.79 Å². The van der Waals surface area contributed by atoms with E-state index in [4.69, 9.17) is 11.5 Å².